The number of hydrogen-bond donors (Lipinski definition) is 3. The number of benzene rings is 2. The first kappa shape index (κ1) is 23.4. The van der Waals surface area contributed by atoms with E-state index in [1.54, 1.807) is 55.7 Å². The largest absolute Gasteiger partial charge is 0.399 e. The number of nitrogens with two attached hydrogens (primary N) is 1. The molecule has 0 aliphatic carbocycles. The monoisotopic (exact) mass is 466 g/mol. The summed E-state index contributed by atoms with van der Waals surface area (Å²) in [6, 6.07) is 21.8. The third kappa shape index (κ3) is 6.00. The van der Waals surface area contributed by atoms with Crippen molar-refractivity contribution in [2.75, 3.05) is 25.1 Å². The molecule has 2 aromatic carbocycles. The van der Waals surface area contributed by atoms with E-state index in [0.29, 0.717) is 29.2 Å². The summed E-state index contributed by atoms with van der Waals surface area (Å²) in [4.78, 5) is 34.7. The Kier molecular flexibility index (Phi) is 7.02. The maximum absolute atomic E-state index is 12.2. The zero-order chi connectivity index (χ0) is 24.8. The minimum Gasteiger partial charge on any atom is -0.399 e. The summed E-state index contributed by atoms with van der Waals surface area (Å²) in [7, 11) is 3.46. The van der Waals surface area contributed by atoms with Crippen LogP contribution < -0.4 is 16.4 Å². The normalized spacial score (nSPS) is 10.5. The Morgan fingerprint density at radius 1 is 0.857 bits per heavy atom. The Labute approximate surface area is 203 Å². The van der Waals surface area contributed by atoms with Crippen molar-refractivity contribution in [3.63, 3.8) is 0 Å². The van der Waals surface area contributed by atoms with E-state index in [0.717, 1.165) is 22.5 Å². The number of pyridine rings is 2. The van der Waals surface area contributed by atoms with E-state index in [9.17, 15) is 9.59 Å². The van der Waals surface area contributed by atoms with Crippen LogP contribution in [-0.2, 0) is 6.54 Å². The van der Waals surface area contributed by atoms with Gasteiger partial charge in [0, 0.05) is 42.7 Å². The molecule has 0 fully saturated rings. The van der Waals surface area contributed by atoms with Crippen LogP contribution in [0.25, 0.3) is 11.1 Å². The summed E-state index contributed by atoms with van der Waals surface area (Å²) in [6.45, 7) is 0.305. The number of anilines is 3. The molecule has 0 saturated heterocycles. The average molecular weight is 467 g/mol. The van der Waals surface area contributed by atoms with Crippen LogP contribution in [0.15, 0.2) is 85.2 Å². The fourth-order valence-corrected chi connectivity index (χ4v) is 3.41. The molecule has 35 heavy (non-hydrogen) atoms. The van der Waals surface area contributed by atoms with E-state index in [4.69, 9.17) is 5.73 Å². The summed E-state index contributed by atoms with van der Waals surface area (Å²) in [5.41, 5.74) is 10.9. The molecule has 176 valence electrons. The summed E-state index contributed by atoms with van der Waals surface area (Å²) >= 11 is 0. The third-order valence-electron chi connectivity index (χ3n) is 5.31. The third-order valence-corrected chi connectivity index (χ3v) is 5.31. The molecule has 0 aliphatic heterocycles. The van der Waals surface area contributed by atoms with E-state index in [1.807, 2.05) is 48.5 Å². The Morgan fingerprint density at radius 2 is 1.63 bits per heavy atom. The molecule has 2 heterocycles. The van der Waals surface area contributed by atoms with Crippen molar-refractivity contribution in [3.8, 4) is 11.1 Å². The molecule has 4 rings (SSSR count). The van der Waals surface area contributed by atoms with Crippen LogP contribution >= 0.6 is 0 Å². The summed E-state index contributed by atoms with van der Waals surface area (Å²) in [5.74, 6) is 0.444. The van der Waals surface area contributed by atoms with Gasteiger partial charge in [-0.2, -0.15) is 0 Å². The van der Waals surface area contributed by atoms with Gasteiger partial charge in [-0.05, 0) is 60.2 Å². The molecule has 4 N–H and O–H groups in total. The molecule has 0 radical (unpaired) electrons. The predicted octanol–water partition coefficient (Wildman–Crippen LogP) is 4.10. The molecule has 4 aromatic rings. The van der Waals surface area contributed by atoms with Gasteiger partial charge >= 0.3 is 0 Å². The molecule has 8 nitrogen and oxygen atoms in total. The first-order valence-corrected chi connectivity index (χ1v) is 11.0. The number of aromatic nitrogens is 2. The van der Waals surface area contributed by atoms with Crippen molar-refractivity contribution in [2.24, 2.45) is 0 Å². The second-order valence-corrected chi connectivity index (χ2v) is 8.18. The van der Waals surface area contributed by atoms with Crippen molar-refractivity contribution in [1.82, 2.24) is 20.2 Å². The van der Waals surface area contributed by atoms with Crippen LogP contribution in [0.3, 0.4) is 0 Å². The van der Waals surface area contributed by atoms with Gasteiger partial charge in [0.15, 0.2) is 0 Å². The van der Waals surface area contributed by atoms with Crippen LogP contribution in [0.5, 0.6) is 0 Å². The summed E-state index contributed by atoms with van der Waals surface area (Å²) in [5, 5.41) is 6.06. The lowest BCUT2D eigenvalue weighted by molar-refractivity contribution is 0.0827. The maximum atomic E-state index is 12.2. The standard InChI is InChI=1S/C27H26N6O2/c1-33(2)27(35)19-8-6-18(7-9-19)21-10-13-25(30-15-21)32-24-12-11-23(29-17-24)16-31-26(34)20-4-3-5-22(28)14-20/h3-15,17H,16,28H2,1-2H3,(H,30,32)(H,31,34). The molecule has 0 unspecified atom stereocenters. The van der Waals surface area contributed by atoms with Gasteiger partial charge < -0.3 is 21.3 Å². The molecule has 8 heteroatoms. The van der Waals surface area contributed by atoms with E-state index in [1.165, 1.54) is 0 Å². The molecule has 2 aromatic heterocycles. The lowest BCUT2D eigenvalue weighted by Gasteiger charge is -2.11. The molecule has 0 atom stereocenters. The van der Waals surface area contributed by atoms with Gasteiger partial charge in [0.05, 0.1) is 24.1 Å². The number of carbonyl (C=O) groups excluding carboxylic acids is 2. The highest BCUT2D eigenvalue weighted by Crippen LogP contribution is 2.22. The van der Waals surface area contributed by atoms with Crippen LogP contribution in [0, 0.1) is 0 Å². The van der Waals surface area contributed by atoms with Crippen molar-refractivity contribution in [3.05, 3.63) is 102 Å². The molecule has 0 aliphatic rings. The Bertz CT molecular complexity index is 1320. The fourth-order valence-electron chi connectivity index (χ4n) is 3.41. The van der Waals surface area contributed by atoms with E-state index >= 15 is 0 Å². The van der Waals surface area contributed by atoms with Crippen molar-refractivity contribution in [2.45, 2.75) is 6.54 Å². The first-order valence-electron chi connectivity index (χ1n) is 11.0. The zero-order valence-electron chi connectivity index (χ0n) is 19.5. The van der Waals surface area contributed by atoms with Crippen LogP contribution in [0.4, 0.5) is 17.2 Å². The number of amides is 2. The number of hydrogen-bond acceptors (Lipinski definition) is 6. The van der Waals surface area contributed by atoms with Crippen LogP contribution in [0.2, 0.25) is 0 Å². The Morgan fingerprint density at radius 3 is 2.26 bits per heavy atom. The van der Waals surface area contributed by atoms with Crippen molar-refractivity contribution >= 4 is 29.0 Å². The fraction of sp³-hybridized carbons (Fsp3) is 0.111. The van der Waals surface area contributed by atoms with E-state index in [-0.39, 0.29) is 11.8 Å². The predicted molar refractivity (Wildman–Crippen MR) is 137 cm³/mol. The maximum Gasteiger partial charge on any atom is 0.253 e. The number of nitrogen functional groups attached to an aromatic ring is 1. The van der Waals surface area contributed by atoms with Crippen molar-refractivity contribution < 1.29 is 9.59 Å². The topological polar surface area (TPSA) is 113 Å². The molecular formula is C27H26N6O2. The van der Waals surface area contributed by atoms with E-state index in [2.05, 4.69) is 20.6 Å². The molecular weight excluding hydrogens is 440 g/mol. The number of rotatable bonds is 7. The number of nitrogens with one attached hydrogen (secondary N) is 2. The lowest BCUT2D eigenvalue weighted by Crippen LogP contribution is -2.23. The lowest BCUT2D eigenvalue weighted by atomic mass is 10.1. The van der Waals surface area contributed by atoms with Gasteiger partial charge in [-0.1, -0.05) is 18.2 Å². The SMILES string of the molecule is CN(C)C(=O)c1ccc(-c2ccc(Nc3ccc(CNC(=O)c4cccc(N)c4)nc3)nc2)cc1. The molecule has 2 amide bonds. The van der Waals surface area contributed by atoms with Gasteiger partial charge in [-0.15, -0.1) is 0 Å². The average Bonchev–Trinajstić information content (AvgIpc) is 2.88. The number of carbonyl (C=O) groups is 2. The molecule has 0 spiro atoms. The van der Waals surface area contributed by atoms with Gasteiger partial charge in [-0.25, -0.2) is 4.98 Å². The minimum absolute atomic E-state index is 0.0300. The highest BCUT2D eigenvalue weighted by molar-refractivity contribution is 5.95. The van der Waals surface area contributed by atoms with Crippen LogP contribution in [0.1, 0.15) is 26.4 Å². The minimum atomic E-state index is -0.204. The van der Waals surface area contributed by atoms with Crippen molar-refractivity contribution in [1.29, 1.82) is 0 Å². The summed E-state index contributed by atoms with van der Waals surface area (Å²) < 4.78 is 0. The van der Waals surface area contributed by atoms with E-state index < -0.39 is 0 Å². The molecule has 0 saturated carbocycles. The Hall–Kier alpha value is -4.72. The highest BCUT2D eigenvalue weighted by Gasteiger charge is 2.09. The van der Waals surface area contributed by atoms with Gasteiger partial charge in [-0.3, -0.25) is 14.6 Å². The Balaban J connectivity index is 1.33. The van der Waals surface area contributed by atoms with Gasteiger partial charge in [0.25, 0.3) is 11.8 Å². The summed E-state index contributed by atoms with van der Waals surface area (Å²) in [6.07, 6.45) is 3.47. The van der Waals surface area contributed by atoms with Crippen LogP contribution in [-0.4, -0.2) is 40.8 Å². The second-order valence-electron chi connectivity index (χ2n) is 8.18. The van der Waals surface area contributed by atoms with Gasteiger partial charge in [0.1, 0.15) is 5.82 Å². The first-order chi connectivity index (χ1) is 16.9. The highest BCUT2D eigenvalue weighted by atomic mass is 16.2. The second kappa shape index (κ2) is 10.5. The zero-order valence-corrected chi connectivity index (χ0v) is 19.5. The number of nitrogens with zero attached hydrogens (tertiary/aromatic N) is 3. The smallest absolute Gasteiger partial charge is 0.253 e. The molecule has 0 bridgehead atoms. The van der Waals surface area contributed by atoms with Gasteiger partial charge in [0.2, 0.25) is 0 Å². The quantitative estimate of drug-likeness (QED) is 0.354.